The largest absolute Gasteiger partial charge is 0.462 e. The number of esters is 2. The van der Waals surface area contributed by atoms with Gasteiger partial charge in [-0.2, -0.15) is 0 Å². The van der Waals surface area contributed by atoms with E-state index in [-0.39, 0.29) is 13.2 Å². The molecule has 0 amide bonds. The van der Waals surface area contributed by atoms with Gasteiger partial charge in [-0.15, -0.1) is 0 Å². The van der Waals surface area contributed by atoms with Crippen LogP contribution in [0.1, 0.15) is 72.1 Å². The Morgan fingerprint density at radius 3 is 1.54 bits per heavy atom. The molecule has 0 aromatic heterocycles. The van der Waals surface area contributed by atoms with Crippen molar-refractivity contribution in [3.8, 4) is 0 Å². The van der Waals surface area contributed by atoms with Gasteiger partial charge in [-0.05, 0) is 33.1 Å². The summed E-state index contributed by atoms with van der Waals surface area (Å²) in [7, 11) is -2.37. The number of ether oxygens (including phenoxy) is 2. The smallest absolute Gasteiger partial charge is 0.333 e. The minimum atomic E-state index is -2.37. The minimum Gasteiger partial charge on any atom is -0.462 e. The number of unbranched alkanes of at least 4 members (excludes halogenated alkanes) is 5. The molecule has 0 heterocycles. The molecule has 6 heteroatoms. The number of rotatable bonds is 17. The predicted octanol–water partition coefficient (Wildman–Crippen LogP) is 5.73. The Kier molecular flexibility index (Phi) is 14.8. The van der Waals surface area contributed by atoms with E-state index in [0.717, 1.165) is 12.8 Å². The van der Waals surface area contributed by atoms with Crippen LogP contribution < -0.4 is 0 Å². The molecule has 0 unspecified atom stereocenters. The first-order valence-electron chi connectivity index (χ1n) is 10.4. The molecule has 0 aromatic carbocycles. The van der Waals surface area contributed by atoms with Crippen LogP contribution in [0.25, 0.3) is 0 Å². The molecular weight excluding hydrogens is 375 g/mol. The predicted molar refractivity (Wildman–Crippen MR) is 116 cm³/mol. The molecule has 162 valence electrons. The Hall–Kier alpha value is -1.35. The van der Waals surface area contributed by atoms with Crippen LogP contribution in [0, 0.1) is 0 Å². The van der Waals surface area contributed by atoms with Crippen LogP contribution in [0.5, 0.6) is 0 Å². The van der Waals surface area contributed by atoms with Gasteiger partial charge in [-0.3, -0.25) is 0 Å². The van der Waals surface area contributed by atoms with Crippen LogP contribution in [-0.2, 0) is 23.6 Å². The molecular formula is C22H39O5P. The minimum absolute atomic E-state index is 0.261. The first kappa shape index (κ1) is 26.6. The van der Waals surface area contributed by atoms with E-state index in [1.54, 1.807) is 13.8 Å². The normalized spacial score (nSPS) is 11.1. The Labute approximate surface area is 171 Å². The van der Waals surface area contributed by atoms with Gasteiger partial charge >= 0.3 is 11.9 Å². The van der Waals surface area contributed by atoms with Gasteiger partial charge in [-0.1, -0.05) is 52.2 Å². The second-order valence-electron chi connectivity index (χ2n) is 7.54. The SMILES string of the molecule is C=C(C)C(=O)OCCCP(=O)(CCCCCCCC)CCCOC(=O)C(=C)C. The summed E-state index contributed by atoms with van der Waals surface area (Å²) in [6, 6.07) is 0. The molecule has 0 aliphatic heterocycles. The lowest BCUT2D eigenvalue weighted by Crippen LogP contribution is -2.11. The van der Waals surface area contributed by atoms with Crippen molar-refractivity contribution in [3.63, 3.8) is 0 Å². The van der Waals surface area contributed by atoms with Crippen molar-refractivity contribution in [1.29, 1.82) is 0 Å². The van der Waals surface area contributed by atoms with Crippen LogP contribution >= 0.6 is 7.14 Å². The van der Waals surface area contributed by atoms with E-state index in [1.807, 2.05) is 0 Å². The van der Waals surface area contributed by atoms with Crippen molar-refractivity contribution in [2.45, 2.75) is 72.1 Å². The Balaban J connectivity index is 4.39. The summed E-state index contributed by atoms with van der Waals surface area (Å²) in [5, 5.41) is 0. The second-order valence-corrected chi connectivity index (χ2v) is 11.0. The maximum absolute atomic E-state index is 13.3. The lowest BCUT2D eigenvalue weighted by molar-refractivity contribution is -0.139. The first-order chi connectivity index (χ1) is 13.2. The fourth-order valence-electron chi connectivity index (χ4n) is 2.80. The van der Waals surface area contributed by atoms with Crippen molar-refractivity contribution < 1.29 is 23.6 Å². The van der Waals surface area contributed by atoms with Gasteiger partial charge < -0.3 is 14.0 Å². The maximum atomic E-state index is 13.3. The van der Waals surface area contributed by atoms with Crippen LogP contribution in [0.3, 0.4) is 0 Å². The average molecular weight is 415 g/mol. The Bertz CT molecular complexity index is 515. The number of hydrogen-bond donors (Lipinski definition) is 0. The van der Waals surface area contributed by atoms with E-state index < -0.39 is 19.1 Å². The summed E-state index contributed by atoms with van der Waals surface area (Å²) in [4.78, 5) is 22.9. The third kappa shape index (κ3) is 13.8. The summed E-state index contributed by atoms with van der Waals surface area (Å²) in [5.74, 6) is -0.810. The molecule has 5 nitrogen and oxygen atoms in total. The summed E-state index contributed by atoms with van der Waals surface area (Å²) in [6.45, 7) is 13.0. The van der Waals surface area contributed by atoms with Gasteiger partial charge in [0.15, 0.2) is 0 Å². The molecule has 0 aromatic rings. The summed E-state index contributed by atoms with van der Waals surface area (Å²) in [6.07, 6.45) is 9.91. The summed E-state index contributed by atoms with van der Waals surface area (Å²) < 4.78 is 23.6. The van der Waals surface area contributed by atoms with Crippen LogP contribution in [0.4, 0.5) is 0 Å². The molecule has 28 heavy (non-hydrogen) atoms. The van der Waals surface area contributed by atoms with Gasteiger partial charge in [-0.25, -0.2) is 9.59 Å². The Morgan fingerprint density at radius 2 is 1.11 bits per heavy atom. The first-order valence-corrected chi connectivity index (χ1v) is 12.7. The highest BCUT2D eigenvalue weighted by atomic mass is 31.2. The molecule has 0 saturated carbocycles. The average Bonchev–Trinajstić information content (AvgIpc) is 2.64. The van der Waals surface area contributed by atoms with E-state index in [1.165, 1.54) is 25.7 Å². The maximum Gasteiger partial charge on any atom is 0.333 e. The number of carbonyl (C=O) groups is 2. The molecule has 0 radical (unpaired) electrons. The summed E-state index contributed by atoms with van der Waals surface area (Å²) in [5.41, 5.74) is 0.740. The van der Waals surface area contributed by atoms with Gasteiger partial charge in [0, 0.05) is 29.6 Å². The monoisotopic (exact) mass is 414 g/mol. The molecule has 0 rings (SSSR count). The third-order valence-corrected chi connectivity index (χ3v) is 7.90. The van der Waals surface area contributed by atoms with Crippen molar-refractivity contribution in [2.24, 2.45) is 0 Å². The molecule has 0 aliphatic rings. The van der Waals surface area contributed by atoms with Gasteiger partial charge in [0.05, 0.1) is 20.4 Å². The molecule has 0 fully saturated rings. The van der Waals surface area contributed by atoms with Gasteiger partial charge in [0.2, 0.25) is 0 Å². The van der Waals surface area contributed by atoms with Crippen LogP contribution in [0.2, 0.25) is 0 Å². The van der Waals surface area contributed by atoms with Gasteiger partial charge in [0.25, 0.3) is 0 Å². The second kappa shape index (κ2) is 15.6. The quantitative estimate of drug-likeness (QED) is 0.132. The molecule has 0 atom stereocenters. The molecule has 0 aliphatic carbocycles. The van der Waals surface area contributed by atoms with Crippen molar-refractivity contribution >= 4 is 19.1 Å². The highest BCUT2D eigenvalue weighted by Crippen LogP contribution is 2.47. The highest BCUT2D eigenvalue weighted by Gasteiger charge is 2.21. The Morgan fingerprint density at radius 1 is 0.714 bits per heavy atom. The van der Waals surface area contributed by atoms with E-state index in [2.05, 4.69) is 20.1 Å². The zero-order chi connectivity index (χ0) is 21.4. The van der Waals surface area contributed by atoms with Crippen molar-refractivity contribution in [2.75, 3.05) is 31.7 Å². The number of carbonyl (C=O) groups excluding carboxylic acids is 2. The van der Waals surface area contributed by atoms with Crippen molar-refractivity contribution in [1.82, 2.24) is 0 Å². The fourth-order valence-corrected chi connectivity index (χ4v) is 5.68. The highest BCUT2D eigenvalue weighted by molar-refractivity contribution is 7.63. The van der Waals surface area contributed by atoms with E-state index in [0.29, 0.717) is 42.5 Å². The van der Waals surface area contributed by atoms with E-state index in [4.69, 9.17) is 9.47 Å². The van der Waals surface area contributed by atoms with Crippen molar-refractivity contribution in [3.05, 3.63) is 24.3 Å². The number of hydrogen-bond acceptors (Lipinski definition) is 5. The van der Waals surface area contributed by atoms with Crippen LogP contribution in [0.15, 0.2) is 24.3 Å². The molecule has 0 N–H and O–H groups in total. The zero-order valence-electron chi connectivity index (χ0n) is 18.1. The van der Waals surface area contributed by atoms with Crippen LogP contribution in [-0.4, -0.2) is 43.6 Å². The molecule has 0 saturated heterocycles. The fraction of sp³-hybridized carbons (Fsp3) is 0.727. The molecule has 0 spiro atoms. The third-order valence-electron chi connectivity index (χ3n) is 4.50. The lowest BCUT2D eigenvalue weighted by atomic mass is 10.1. The summed E-state index contributed by atoms with van der Waals surface area (Å²) >= 11 is 0. The molecule has 0 bridgehead atoms. The topological polar surface area (TPSA) is 69.7 Å². The standard InChI is InChI=1S/C22H39O5P/c1-6-7-8-9-10-11-16-28(25,17-12-14-26-21(23)19(2)3)18-13-15-27-22(24)20(4)5/h2,4,6-18H2,1,3,5H3. The van der Waals surface area contributed by atoms with E-state index >= 15 is 0 Å². The van der Waals surface area contributed by atoms with Gasteiger partial charge in [0.1, 0.15) is 0 Å². The lowest BCUT2D eigenvalue weighted by Gasteiger charge is -2.18. The van der Waals surface area contributed by atoms with E-state index in [9.17, 15) is 14.2 Å². The zero-order valence-corrected chi connectivity index (χ0v) is 19.0.